The van der Waals surface area contributed by atoms with Crippen molar-refractivity contribution < 1.29 is 28.0 Å². The Morgan fingerprint density at radius 1 is 1.12 bits per heavy atom. The van der Waals surface area contributed by atoms with Crippen LogP contribution in [-0.4, -0.2) is 61.3 Å². The molecule has 226 valence electrons. The summed E-state index contributed by atoms with van der Waals surface area (Å²) >= 11 is 3.31. The van der Waals surface area contributed by atoms with Gasteiger partial charge in [0.15, 0.2) is 5.69 Å². The first-order valence-corrected chi connectivity index (χ1v) is 14.8. The van der Waals surface area contributed by atoms with E-state index < -0.39 is 29.7 Å². The smallest absolute Gasteiger partial charge is 0.269 e. The van der Waals surface area contributed by atoms with Crippen molar-refractivity contribution in [1.29, 1.82) is 0 Å². The van der Waals surface area contributed by atoms with Crippen LogP contribution < -0.4 is 16.4 Å². The lowest BCUT2D eigenvalue weighted by Crippen LogP contribution is -2.47. The number of alkyl halides is 2. The van der Waals surface area contributed by atoms with Crippen molar-refractivity contribution in [3.05, 3.63) is 46.2 Å². The molecule has 1 aliphatic heterocycles. The molecular formula is C29H30BrF2N7O4. The summed E-state index contributed by atoms with van der Waals surface area (Å²) in [5.74, 6) is -6.45. The van der Waals surface area contributed by atoms with Gasteiger partial charge in [-0.05, 0) is 83.8 Å². The lowest BCUT2D eigenvalue weighted by molar-refractivity contribution is -0.138. The molecule has 3 aliphatic rings. The number of anilines is 2. The number of likely N-dealkylation sites (tertiary alicyclic amines) is 1. The lowest BCUT2D eigenvalue weighted by Gasteiger charge is -2.27. The van der Waals surface area contributed by atoms with Crippen molar-refractivity contribution in [3.8, 4) is 0 Å². The number of nitrogens with one attached hydrogen (secondary N) is 2. The highest BCUT2D eigenvalue weighted by molar-refractivity contribution is 9.10. The summed E-state index contributed by atoms with van der Waals surface area (Å²) in [5.41, 5.74) is 6.64. The SMILES string of the molecule is Cc1ccc(Br)nc1NC(=O)[C@@H]1C[C@@]2(C)C[C@H]2N1C(=O)Cn1nc(C(N)=O)c2cc(NC(=O)C3CCCC3(F)F)ccc21. The molecule has 11 nitrogen and oxygen atoms in total. The number of hydrogen-bond donors (Lipinski definition) is 3. The summed E-state index contributed by atoms with van der Waals surface area (Å²) in [5, 5.41) is 9.92. The zero-order chi connectivity index (χ0) is 30.8. The second-order valence-corrected chi connectivity index (χ2v) is 12.8. The van der Waals surface area contributed by atoms with Crippen LogP contribution in [-0.2, 0) is 20.9 Å². The Labute approximate surface area is 253 Å². The molecule has 1 unspecified atom stereocenters. The fourth-order valence-corrected chi connectivity index (χ4v) is 6.75. The van der Waals surface area contributed by atoms with Crippen LogP contribution in [0.2, 0.25) is 0 Å². The number of carbonyl (C=O) groups is 4. The summed E-state index contributed by atoms with van der Waals surface area (Å²) in [6, 6.07) is 7.24. The first kappa shape index (κ1) is 29.1. The number of carbonyl (C=O) groups excluding carboxylic acids is 4. The van der Waals surface area contributed by atoms with E-state index in [2.05, 4.69) is 36.6 Å². The highest BCUT2D eigenvalue weighted by atomic mass is 79.9. The molecule has 0 bridgehead atoms. The number of benzene rings is 1. The average molecular weight is 659 g/mol. The van der Waals surface area contributed by atoms with Crippen molar-refractivity contribution in [2.75, 3.05) is 10.6 Å². The standard InChI is InChI=1S/C29H30BrF2N7O4/c1-14-5-8-21(30)35-25(14)36-27(43)19-11-28(2)12-20(28)39(19)22(40)13-38-18-7-6-15(10-16(18)23(37-38)24(33)41)34-26(42)17-4-3-9-29(17,31)32/h5-8,10,17,19-20H,3-4,9,11-13H2,1-2H3,(H2,33,41)(H,34,42)(H,35,36,43)/t17?,19-,20+,28-/m0/s1. The van der Waals surface area contributed by atoms with Gasteiger partial charge in [-0.15, -0.1) is 0 Å². The molecule has 4 amide bonds. The molecule has 3 fully saturated rings. The van der Waals surface area contributed by atoms with Gasteiger partial charge in [0.1, 0.15) is 28.9 Å². The monoisotopic (exact) mass is 657 g/mol. The fraction of sp³-hybridized carbons (Fsp3) is 0.448. The minimum Gasteiger partial charge on any atom is -0.364 e. The largest absolute Gasteiger partial charge is 0.364 e. The van der Waals surface area contributed by atoms with Gasteiger partial charge in [-0.2, -0.15) is 5.10 Å². The van der Waals surface area contributed by atoms with Crippen LogP contribution in [0.15, 0.2) is 34.9 Å². The van der Waals surface area contributed by atoms with Crippen molar-refractivity contribution in [1.82, 2.24) is 19.7 Å². The second kappa shape index (κ2) is 10.4. The third kappa shape index (κ3) is 5.25. The van der Waals surface area contributed by atoms with Gasteiger partial charge in [-0.25, -0.2) is 13.8 Å². The molecule has 2 aromatic heterocycles. The predicted molar refractivity (Wildman–Crippen MR) is 156 cm³/mol. The number of nitrogens with two attached hydrogens (primary N) is 1. The highest BCUT2D eigenvalue weighted by Crippen LogP contribution is 2.59. The first-order chi connectivity index (χ1) is 20.3. The molecule has 43 heavy (non-hydrogen) atoms. The Morgan fingerprint density at radius 3 is 2.58 bits per heavy atom. The van der Waals surface area contributed by atoms with Gasteiger partial charge in [0.25, 0.3) is 11.8 Å². The Hall–Kier alpha value is -3.94. The van der Waals surface area contributed by atoms with Crippen LogP contribution >= 0.6 is 15.9 Å². The van der Waals surface area contributed by atoms with Crippen LogP contribution in [0.4, 0.5) is 20.3 Å². The molecule has 0 radical (unpaired) electrons. The van der Waals surface area contributed by atoms with E-state index in [1.165, 1.54) is 16.8 Å². The number of pyridine rings is 1. The maximum atomic E-state index is 14.1. The van der Waals surface area contributed by atoms with Gasteiger partial charge >= 0.3 is 0 Å². The van der Waals surface area contributed by atoms with Crippen LogP contribution in [0, 0.1) is 18.3 Å². The quantitative estimate of drug-likeness (QED) is 0.327. The normalized spacial score (nSPS) is 25.4. The van der Waals surface area contributed by atoms with E-state index in [0.29, 0.717) is 22.4 Å². The number of piperidine rings is 1. The minimum atomic E-state index is -3.08. The van der Waals surface area contributed by atoms with Crippen molar-refractivity contribution in [3.63, 3.8) is 0 Å². The molecular weight excluding hydrogens is 628 g/mol. The van der Waals surface area contributed by atoms with Gasteiger partial charge in [0, 0.05) is 23.5 Å². The number of nitrogens with zero attached hydrogens (tertiary/aromatic N) is 4. The molecule has 6 rings (SSSR count). The molecule has 4 atom stereocenters. The zero-order valence-corrected chi connectivity index (χ0v) is 25.1. The topological polar surface area (TPSA) is 152 Å². The zero-order valence-electron chi connectivity index (χ0n) is 23.5. The third-order valence-corrected chi connectivity index (χ3v) is 9.34. The van der Waals surface area contributed by atoms with E-state index in [4.69, 9.17) is 5.73 Å². The van der Waals surface area contributed by atoms with E-state index in [-0.39, 0.29) is 65.8 Å². The number of primary amides is 1. The van der Waals surface area contributed by atoms with Gasteiger partial charge < -0.3 is 21.3 Å². The van der Waals surface area contributed by atoms with E-state index >= 15 is 0 Å². The number of aromatic nitrogens is 3. The van der Waals surface area contributed by atoms with Gasteiger partial charge in [0.05, 0.1) is 5.52 Å². The molecule has 4 N–H and O–H groups in total. The van der Waals surface area contributed by atoms with Crippen LogP contribution in [0.1, 0.15) is 55.1 Å². The average Bonchev–Trinajstić information content (AvgIpc) is 3.19. The predicted octanol–water partition coefficient (Wildman–Crippen LogP) is 3.99. The number of halogens is 3. The summed E-state index contributed by atoms with van der Waals surface area (Å²) in [4.78, 5) is 57.9. The summed E-state index contributed by atoms with van der Waals surface area (Å²) < 4.78 is 30.1. The van der Waals surface area contributed by atoms with Crippen LogP contribution in [0.3, 0.4) is 0 Å². The summed E-state index contributed by atoms with van der Waals surface area (Å²) in [6.45, 7) is 3.60. The van der Waals surface area contributed by atoms with Gasteiger partial charge in [0.2, 0.25) is 17.7 Å². The van der Waals surface area contributed by atoms with Crippen molar-refractivity contribution in [2.24, 2.45) is 17.1 Å². The molecule has 2 aliphatic carbocycles. The maximum absolute atomic E-state index is 14.1. The Bertz CT molecular complexity index is 1690. The first-order valence-electron chi connectivity index (χ1n) is 14.0. The minimum absolute atomic E-state index is 0.0855. The van der Waals surface area contributed by atoms with E-state index in [1.54, 1.807) is 17.0 Å². The third-order valence-electron chi connectivity index (χ3n) is 8.90. The number of fused-ring (bicyclic) bond motifs is 2. The van der Waals surface area contributed by atoms with Gasteiger partial charge in [-0.3, -0.25) is 23.9 Å². The summed E-state index contributed by atoms with van der Waals surface area (Å²) in [6.07, 6.45) is 1.28. The molecule has 0 spiro atoms. The lowest BCUT2D eigenvalue weighted by atomic mass is 10.0. The van der Waals surface area contributed by atoms with E-state index in [9.17, 15) is 28.0 Å². The maximum Gasteiger partial charge on any atom is 0.269 e. The molecule has 1 saturated heterocycles. The van der Waals surface area contributed by atoms with E-state index in [1.807, 2.05) is 19.9 Å². The Balaban J connectivity index is 1.24. The summed E-state index contributed by atoms with van der Waals surface area (Å²) in [7, 11) is 0. The van der Waals surface area contributed by atoms with E-state index in [0.717, 1.165) is 12.0 Å². The van der Waals surface area contributed by atoms with Crippen molar-refractivity contribution in [2.45, 2.75) is 70.5 Å². The van der Waals surface area contributed by atoms with Crippen LogP contribution in [0.25, 0.3) is 10.9 Å². The molecule has 14 heteroatoms. The number of rotatable bonds is 7. The molecule has 2 saturated carbocycles. The van der Waals surface area contributed by atoms with Crippen molar-refractivity contribution >= 4 is 62.0 Å². The Morgan fingerprint density at radius 2 is 1.88 bits per heavy atom. The molecule has 1 aromatic carbocycles. The van der Waals surface area contributed by atoms with Gasteiger partial charge in [-0.1, -0.05) is 13.0 Å². The number of amides is 4. The molecule has 3 heterocycles. The molecule has 3 aromatic rings. The Kier molecular flexibility index (Phi) is 7.02. The number of hydrogen-bond acceptors (Lipinski definition) is 6. The highest BCUT2D eigenvalue weighted by Gasteiger charge is 2.64. The fourth-order valence-electron chi connectivity index (χ4n) is 6.44. The van der Waals surface area contributed by atoms with Crippen LogP contribution in [0.5, 0.6) is 0 Å². The number of aryl methyl sites for hydroxylation is 1. The second-order valence-electron chi connectivity index (χ2n) is 12.0.